The highest BCUT2D eigenvalue weighted by Crippen LogP contribution is 2.28. The normalized spacial score (nSPS) is 11.5. The van der Waals surface area contributed by atoms with Crippen LogP contribution in [0.25, 0.3) is 0 Å². The van der Waals surface area contributed by atoms with Gasteiger partial charge in [0.15, 0.2) is 0 Å². The summed E-state index contributed by atoms with van der Waals surface area (Å²) in [6.45, 7) is 2.74. The number of rotatable bonds is 2. The van der Waals surface area contributed by atoms with E-state index >= 15 is 0 Å². The lowest BCUT2D eigenvalue weighted by Gasteiger charge is -2.07. The van der Waals surface area contributed by atoms with E-state index in [1.54, 1.807) is 22.6 Å². The van der Waals surface area contributed by atoms with Gasteiger partial charge in [-0.05, 0) is 22.6 Å². The second-order valence-corrected chi connectivity index (χ2v) is 3.80. The number of alkyl halides is 3. The van der Waals surface area contributed by atoms with Crippen LogP contribution in [0.2, 0.25) is 0 Å². The van der Waals surface area contributed by atoms with Crippen molar-refractivity contribution in [2.75, 3.05) is 0 Å². The van der Waals surface area contributed by atoms with Crippen molar-refractivity contribution in [2.24, 2.45) is 7.05 Å². The summed E-state index contributed by atoms with van der Waals surface area (Å²) in [6.07, 6.45) is -3.60. The molecule has 0 bridgehead atoms. The van der Waals surface area contributed by atoms with Crippen molar-refractivity contribution < 1.29 is 18.0 Å². The number of halogens is 4. The molecule has 0 aliphatic carbocycles. The number of carbonyl (C=O) groups is 1. The van der Waals surface area contributed by atoms with Crippen LogP contribution in [-0.2, 0) is 7.05 Å². The molecular formula is C8H6F3IN2O. The van der Waals surface area contributed by atoms with Gasteiger partial charge >= 0.3 is 6.18 Å². The van der Waals surface area contributed by atoms with E-state index in [9.17, 15) is 18.0 Å². The zero-order valence-corrected chi connectivity index (χ0v) is 9.76. The Balaban J connectivity index is 3.06. The lowest BCUT2D eigenvalue weighted by Crippen LogP contribution is -2.19. The molecule has 0 amide bonds. The maximum absolute atomic E-state index is 12.2. The molecule has 0 aromatic carbocycles. The highest BCUT2D eigenvalue weighted by molar-refractivity contribution is 14.1. The Morgan fingerprint density at radius 1 is 1.60 bits per heavy atom. The Morgan fingerprint density at radius 3 is 2.47 bits per heavy atom. The van der Waals surface area contributed by atoms with Crippen LogP contribution in [0, 0.1) is 3.70 Å². The SMILES string of the molecule is C=C(C(=O)c1cnn(C)c1I)C(F)(F)F. The quantitative estimate of drug-likeness (QED) is 0.474. The molecular weight excluding hydrogens is 324 g/mol. The van der Waals surface area contributed by atoms with E-state index < -0.39 is 17.5 Å². The van der Waals surface area contributed by atoms with E-state index in [0.717, 1.165) is 6.20 Å². The van der Waals surface area contributed by atoms with Crippen LogP contribution in [0.3, 0.4) is 0 Å². The molecule has 1 aromatic heterocycles. The first-order chi connectivity index (χ1) is 6.75. The lowest BCUT2D eigenvalue weighted by molar-refractivity contribution is -0.0883. The number of carbonyl (C=O) groups excluding carboxylic acids is 1. The number of aryl methyl sites for hydroxylation is 1. The van der Waals surface area contributed by atoms with Gasteiger partial charge in [-0.25, -0.2) is 0 Å². The van der Waals surface area contributed by atoms with Crippen LogP contribution < -0.4 is 0 Å². The molecule has 0 N–H and O–H groups in total. The first-order valence-corrected chi connectivity index (χ1v) is 4.81. The highest BCUT2D eigenvalue weighted by atomic mass is 127. The Bertz CT molecular complexity index is 422. The van der Waals surface area contributed by atoms with Gasteiger partial charge in [-0.15, -0.1) is 0 Å². The Morgan fingerprint density at radius 2 is 2.13 bits per heavy atom. The molecule has 7 heteroatoms. The summed E-state index contributed by atoms with van der Waals surface area (Å²) in [5, 5.41) is 3.68. The molecule has 0 saturated carbocycles. The largest absolute Gasteiger partial charge is 0.419 e. The molecule has 0 saturated heterocycles. The molecule has 0 spiro atoms. The van der Waals surface area contributed by atoms with Gasteiger partial charge in [0, 0.05) is 7.05 Å². The average Bonchev–Trinajstić information content (AvgIpc) is 2.44. The molecule has 0 unspecified atom stereocenters. The summed E-state index contributed by atoms with van der Waals surface area (Å²) in [4.78, 5) is 11.3. The number of Topliss-reactive ketones (excluding diaryl/α,β-unsaturated/α-hetero) is 1. The van der Waals surface area contributed by atoms with Crippen LogP contribution in [0.1, 0.15) is 10.4 Å². The Labute approximate surface area is 97.1 Å². The molecule has 82 valence electrons. The Hall–Kier alpha value is -0.860. The van der Waals surface area contributed by atoms with Crippen LogP contribution in [-0.4, -0.2) is 21.7 Å². The van der Waals surface area contributed by atoms with Crippen LogP contribution in [0.4, 0.5) is 13.2 Å². The standard InChI is InChI=1S/C8H6F3IN2O/c1-4(8(9,10)11)6(15)5-3-13-14(2)7(5)12/h3H,1H2,2H3. The molecule has 3 nitrogen and oxygen atoms in total. The molecule has 1 rings (SSSR count). The first kappa shape index (κ1) is 12.2. The predicted octanol–water partition coefficient (Wildman–Crippen LogP) is 2.33. The van der Waals surface area contributed by atoms with Crippen molar-refractivity contribution in [1.29, 1.82) is 0 Å². The van der Waals surface area contributed by atoms with Crippen molar-refractivity contribution in [3.8, 4) is 0 Å². The molecule has 0 aliphatic rings. The summed E-state index contributed by atoms with van der Waals surface area (Å²) >= 11 is 1.75. The van der Waals surface area contributed by atoms with Gasteiger partial charge in [0.1, 0.15) is 3.70 Å². The van der Waals surface area contributed by atoms with Gasteiger partial charge < -0.3 is 0 Å². The monoisotopic (exact) mass is 330 g/mol. The fourth-order valence-corrected chi connectivity index (χ4v) is 1.37. The first-order valence-electron chi connectivity index (χ1n) is 3.73. The van der Waals surface area contributed by atoms with Crippen LogP contribution >= 0.6 is 22.6 Å². The maximum Gasteiger partial charge on any atom is 0.419 e. The highest BCUT2D eigenvalue weighted by Gasteiger charge is 2.38. The van der Waals surface area contributed by atoms with Crippen molar-refractivity contribution in [3.63, 3.8) is 0 Å². The van der Waals surface area contributed by atoms with Crippen LogP contribution in [0.15, 0.2) is 18.3 Å². The lowest BCUT2D eigenvalue weighted by atomic mass is 10.1. The van der Waals surface area contributed by atoms with E-state index in [2.05, 4.69) is 11.7 Å². The van der Waals surface area contributed by atoms with Gasteiger partial charge in [0.05, 0.1) is 17.3 Å². The zero-order chi connectivity index (χ0) is 11.8. The zero-order valence-electron chi connectivity index (χ0n) is 7.60. The molecule has 15 heavy (non-hydrogen) atoms. The minimum absolute atomic E-state index is 0.0829. The third-order valence-corrected chi connectivity index (χ3v) is 3.01. The summed E-state index contributed by atoms with van der Waals surface area (Å²) in [6, 6.07) is 0. The molecule has 1 aromatic rings. The van der Waals surface area contributed by atoms with E-state index in [1.165, 1.54) is 11.7 Å². The van der Waals surface area contributed by atoms with Gasteiger partial charge in [-0.2, -0.15) is 18.3 Å². The van der Waals surface area contributed by atoms with E-state index in [4.69, 9.17) is 0 Å². The number of ketones is 1. The molecule has 0 fully saturated rings. The van der Waals surface area contributed by atoms with Crippen molar-refractivity contribution in [1.82, 2.24) is 9.78 Å². The number of allylic oxidation sites excluding steroid dienone is 1. The second-order valence-electron chi connectivity index (χ2n) is 2.78. The molecule has 0 aliphatic heterocycles. The van der Waals surface area contributed by atoms with Gasteiger partial charge in [0.25, 0.3) is 0 Å². The van der Waals surface area contributed by atoms with E-state index in [-0.39, 0.29) is 5.56 Å². The summed E-state index contributed by atoms with van der Waals surface area (Å²) in [5.74, 6) is -1.14. The number of nitrogens with zero attached hydrogens (tertiary/aromatic N) is 2. The number of hydrogen-bond donors (Lipinski definition) is 0. The second kappa shape index (κ2) is 3.95. The summed E-state index contributed by atoms with van der Waals surface area (Å²) in [7, 11) is 1.54. The van der Waals surface area contributed by atoms with Gasteiger partial charge in [-0.3, -0.25) is 9.48 Å². The summed E-state index contributed by atoms with van der Waals surface area (Å²) < 4.78 is 38.2. The Kier molecular flexibility index (Phi) is 3.22. The smallest absolute Gasteiger partial charge is 0.288 e. The minimum atomic E-state index is -4.70. The van der Waals surface area contributed by atoms with Gasteiger partial charge in [0.2, 0.25) is 5.78 Å². The summed E-state index contributed by atoms with van der Waals surface area (Å²) in [5.41, 5.74) is -1.46. The fraction of sp³-hybridized carbons (Fsp3) is 0.250. The molecule has 0 atom stereocenters. The van der Waals surface area contributed by atoms with Crippen molar-refractivity contribution >= 4 is 28.4 Å². The minimum Gasteiger partial charge on any atom is -0.288 e. The number of aromatic nitrogens is 2. The third kappa shape index (κ3) is 2.39. The van der Waals surface area contributed by atoms with Crippen molar-refractivity contribution in [3.05, 3.63) is 27.6 Å². The third-order valence-electron chi connectivity index (χ3n) is 1.73. The van der Waals surface area contributed by atoms with Crippen LogP contribution in [0.5, 0.6) is 0 Å². The molecule has 0 radical (unpaired) electrons. The molecule has 1 heterocycles. The fourth-order valence-electron chi connectivity index (χ4n) is 0.866. The average molecular weight is 330 g/mol. The van der Waals surface area contributed by atoms with E-state index in [0.29, 0.717) is 3.70 Å². The van der Waals surface area contributed by atoms with Crippen molar-refractivity contribution in [2.45, 2.75) is 6.18 Å². The number of hydrogen-bond acceptors (Lipinski definition) is 2. The maximum atomic E-state index is 12.2. The topological polar surface area (TPSA) is 34.9 Å². The van der Waals surface area contributed by atoms with Gasteiger partial charge in [-0.1, -0.05) is 6.58 Å². The predicted molar refractivity (Wildman–Crippen MR) is 55.5 cm³/mol. The van der Waals surface area contributed by atoms with E-state index in [1.807, 2.05) is 0 Å².